The van der Waals surface area contributed by atoms with Crippen molar-refractivity contribution < 1.29 is 9.50 Å². The average Bonchev–Trinajstić information content (AvgIpc) is 3.02. The quantitative estimate of drug-likeness (QED) is 0.520. The van der Waals surface area contributed by atoms with Gasteiger partial charge in [-0.3, -0.25) is 4.68 Å². The summed E-state index contributed by atoms with van der Waals surface area (Å²) < 4.78 is 15.4. The zero-order valence-corrected chi connectivity index (χ0v) is 14.5. The molecule has 3 nitrogen and oxygen atoms in total. The number of fused-ring (bicyclic) bond motifs is 1. The highest BCUT2D eigenvalue weighted by molar-refractivity contribution is 6.01. The van der Waals surface area contributed by atoms with Gasteiger partial charge in [-0.15, -0.1) is 0 Å². The number of halogens is 1. The highest BCUT2D eigenvalue weighted by Gasteiger charge is 2.16. The zero-order valence-electron chi connectivity index (χ0n) is 14.5. The fraction of sp³-hybridized carbons (Fsp3) is 0.136. The molecule has 1 aromatic heterocycles. The van der Waals surface area contributed by atoms with Gasteiger partial charge in [0, 0.05) is 23.1 Å². The topological polar surface area (TPSA) is 38.0 Å². The Morgan fingerprint density at radius 2 is 1.62 bits per heavy atom. The van der Waals surface area contributed by atoms with Crippen LogP contribution in [-0.4, -0.2) is 14.9 Å². The molecular weight excluding hydrogens is 327 g/mol. The Labute approximate surface area is 151 Å². The summed E-state index contributed by atoms with van der Waals surface area (Å²) in [6.07, 6.45) is 0.962. The van der Waals surface area contributed by atoms with Crippen molar-refractivity contribution in [3.05, 3.63) is 72.5 Å². The molecule has 0 aliphatic carbocycles. The molecule has 26 heavy (non-hydrogen) atoms. The molecule has 0 fully saturated rings. The normalized spacial score (nSPS) is 11.2. The molecule has 130 valence electrons. The number of aromatic hydroxyl groups is 1. The van der Waals surface area contributed by atoms with Gasteiger partial charge in [0.25, 0.3) is 0 Å². The van der Waals surface area contributed by atoms with Crippen LogP contribution in [0.5, 0.6) is 5.75 Å². The maximum atomic E-state index is 13.3. The molecule has 0 saturated heterocycles. The third-order valence-electron chi connectivity index (χ3n) is 4.50. The van der Waals surface area contributed by atoms with Gasteiger partial charge in [-0.25, -0.2) is 4.39 Å². The molecule has 0 spiro atoms. The van der Waals surface area contributed by atoms with Crippen molar-refractivity contribution in [2.75, 3.05) is 0 Å². The number of nitrogens with zero attached hydrogens (tertiary/aromatic N) is 2. The standard InChI is InChI=1S/C22H19FN2O/c1-2-14-25-22-19(15-6-10-17(23)11-7-15)4-3-5-20(22)21(24-25)16-8-12-18(26)13-9-16/h3-13,26H,2,14H2,1H3. The minimum absolute atomic E-state index is 0.234. The lowest BCUT2D eigenvalue weighted by molar-refractivity contribution is 0.475. The number of rotatable bonds is 4. The number of para-hydroxylation sites is 1. The van der Waals surface area contributed by atoms with Gasteiger partial charge in [-0.2, -0.15) is 5.10 Å². The van der Waals surface area contributed by atoms with Gasteiger partial charge in [-0.1, -0.05) is 37.3 Å². The summed E-state index contributed by atoms with van der Waals surface area (Å²) in [6.45, 7) is 2.92. The summed E-state index contributed by atoms with van der Waals surface area (Å²) in [6, 6.07) is 19.8. The number of aryl methyl sites for hydroxylation is 1. The first kappa shape index (κ1) is 16.3. The van der Waals surface area contributed by atoms with E-state index in [1.807, 2.05) is 28.9 Å². The van der Waals surface area contributed by atoms with Crippen molar-refractivity contribution in [1.29, 1.82) is 0 Å². The van der Waals surface area contributed by atoms with E-state index in [1.54, 1.807) is 24.3 Å². The maximum Gasteiger partial charge on any atom is 0.123 e. The summed E-state index contributed by atoms with van der Waals surface area (Å²) in [4.78, 5) is 0. The Morgan fingerprint density at radius 3 is 2.31 bits per heavy atom. The first-order valence-electron chi connectivity index (χ1n) is 8.72. The third kappa shape index (κ3) is 2.84. The molecule has 0 amide bonds. The lowest BCUT2D eigenvalue weighted by atomic mass is 10.00. The highest BCUT2D eigenvalue weighted by Crippen LogP contribution is 2.35. The van der Waals surface area contributed by atoms with Crippen molar-refractivity contribution in [3.63, 3.8) is 0 Å². The van der Waals surface area contributed by atoms with E-state index < -0.39 is 0 Å². The van der Waals surface area contributed by atoms with Crippen LogP contribution in [0.2, 0.25) is 0 Å². The van der Waals surface area contributed by atoms with Crippen LogP contribution in [0, 0.1) is 5.82 Å². The molecule has 4 rings (SSSR count). The first-order valence-corrected chi connectivity index (χ1v) is 8.72. The summed E-state index contributed by atoms with van der Waals surface area (Å²) >= 11 is 0. The molecule has 0 unspecified atom stereocenters. The van der Waals surface area contributed by atoms with Crippen LogP contribution < -0.4 is 0 Å². The molecule has 3 aromatic carbocycles. The lowest BCUT2D eigenvalue weighted by Gasteiger charge is -2.08. The SMILES string of the molecule is CCCn1nc(-c2ccc(O)cc2)c2cccc(-c3ccc(F)cc3)c21. The fourth-order valence-electron chi connectivity index (χ4n) is 3.31. The Kier molecular flexibility index (Phi) is 4.17. The van der Waals surface area contributed by atoms with Gasteiger partial charge in [0.2, 0.25) is 0 Å². The number of benzene rings is 3. The second-order valence-corrected chi connectivity index (χ2v) is 6.33. The van der Waals surface area contributed by atoms with Crippen LogP contribution in [0.4, 0.5) is 4.39 Å². The van der Waals surface area contributed by atoms with Crippen LogP contribution in [0.3, 0.4) is 0 Å². The summed E-state index contributed by atoms with van der Waals surface area (Å²) in [5.74, 6) is -0.00850. The van der Waals surface area contributed by atoms with Gasteiger partial charge < -0.3 is 5.11 Å². The highest BCUT2D eigenvalue weighted by atomic mass is 19.1. The van der Waals surface area contributed by atoms with Crippen molar-refractivity contribution in [3.8, 4) is 28.1 Å². The molecule has 1 N–H and O–H groups in total. The number of phenols is 1. The minimum Gasteiger partial charge on any atom is -0.508 e. The smallest absolute Gasteiger partial charge is 0.123 e. The molecule has 0 atom stereocenters. The van der Waals surface area contributed by atoms with Crippen molar-refractivity contribution in [2.45, 2.75) is 19.9 Å². The predicted molar refractivity (Wildman–Crippen MR) is 103 cm³/mol. The molecule has 0 radical (unpaired) electrons. The zero-order chi connectivity index (χ0) is 18.1. The molecule has 0 aliphatic heterocycles. The molecule has 0 aliphatic rings. The van der Waals surface area contributed by atoms with Crippen LogP contribution >= 0.6 is 0 Å². The second-order valence-electron chi connectivity index (χ2n) is 6.33. The van der Waals surface area contributed by atoms with E-state index in [4.69, 9.17) is 5.10 Å². The van der Waals surface area contributed by atoms with Crippen LogP contribution in [0.1, 0.15) is 13.3 Å². The Balaban J connectivity index is 1.97. The third-order valence-corrected chi connectivity index (χ3v) is 4.50. The molecular formula is C22H19FN2O. The molecule has 1 heterocycles. The van der Waals surface area contributed by atoms with E-state index in [2.05, 4.69) is 13.0 Å². The number of hydrogen-bond donors (Lipinski definition) is 1. The van der Waals surface area contributed by atoms with Gasteiger partial charge in [0.05, 0.1) is 5.52 Å². The molecule has 0 saturated carbocycles. The van der Waals surface area contributed by atoms with Crippen LogP contribution in [0.25, 0.3) is 33.3 Å². The van der Waals surface area contributed by atoms with E-state index in [-0.39, 0.29) is 11.6 Å². The van der Waals surface area contributed by atoms with Crippen LogP contribution in [-0.2, 0) is 6.54 Å². The summed E-state index contributed by atoms with van der Waals surface area (Å²) in [5.41, 5.74) is 4.89. The molecule has 0 bridgehead atoms. The number of phenolic OH excluding ortho intramolecular Hbond substituents is 1. The van der Waals surface area contributed by atoms with E-state index in [0.717, 1.165) is 46.3 Å². The minimum atomic E-state index is -0.243. The predicted octanol–water partition coefficient (Wildman–Crippen LogP) is 5.63. The Hall–Kier alpha value is -3.14. The van der Waals surface area contributed by atoms with Crippen molar-refractivity contribution in [2.24, 2.45) is 0 Å². The van der Waals surface area contributed by atoms with Gasteiger partial charge in [-0.05, 0) is 48.4 Å². The summed E-state index contributed by atoms with van der Waals surface area (Å²) in [5, 5.41) is 15.5. The number of hydrogen-bond acceptors (Lipinski definition) is 2. The number of aromatic nitrogens is 2. The van der Waals surface area contributed by atoms with Gasteiger partial charge in [0.15, 0.2) is 0 Å². The molecule has 4 heteroatoms. The van der Waals surface area contributed by atoms with Gasteiger partial charge >= 0.3 is 0 Å². The lowest BCUT2D eigenvalue weighted by Crippen LogP contribution is -2.00. The fourth-order valence-corrected chi connectivity index (χ4v) is 3.31. The van der Waals surface area contributed by atoms with Gasteiger partial charge in [0.1, 0.15) is 17.3 Å². The Morgan fingerprint density at radius 1 is 0.923 bits per heavy atom. The van der Waals surface area contributed by atoms with E-state index >= 15 is 0 Å². The Bertz CT molecular complexity index is 1050. The largest absolute Gasteiger partial charge is 0.508 e. The van der Waals surface area contributed by atoms with E-state index in [1.165, 1.54) is 12.1 Å². The van der Waals surface area contributed by atoms with E-state index in [9.17, 15) is 9.50 Å². The first-order chi connectivity index (χ1) is 12.7. The van der Waals surface area contributed by atoms with E-state index in [0.29, 0.717) is 0 Å². The monoisotopic (exact) mass is 346 g/mol. The van der Waals surface area contributed by atoms with Crippen molar-refractivity contribution >= 4 is 10.9 Å². The van der Waals surface area contributed by atoms with Crippen LogP contribution in [0.15, 0.2) is 66.7 Å². The maximum absolute atomic E-state index is 13.3. The second kappa shape index (κ2) is 6.64. The average molecular weight is 346 g/mol. The summed E-state index contributed by atoms with van der Waals surface area (Å²) in [7, 11) is 0. The van der Waals surface area contributed by atoms with Crippen molar-refractivity contribution in [1.82, 2.24) is 9.78 Å². The molecule has 4 aromatic rings.